The van der Waals surface area contributed by atoms with Gasteiger partial charge in [0.2, 0.25) is 5.91 Å². The van der Waals surface area contributed by atoms with Gasteiger partial charge in [0, 0.05) is 17.7 Å². The molecule has 3 rings (SSSR count). The lowest BCUT2D eigenvalue weighted by molar-refractivity contribution is -0.895. The highest BCUT2D eigenvalue weighted by atomic mass is 32.2. The first kappa shape index (κ1) is 20.4. The average molecular weight is 396 g/mol. The highest BCUT2D eigenvalue weighted by Gasteiger charge is 2.21. The molecule has 6 heteroatoms. The summed E-state index contributed by atoms with van der Waals surface area (Å²) in [6, 6.07) is 12.1. The molecule has 0 bridgehead atoms. The fourth-order valence-corrected chi connectivity index (χ4v) is 4.04. The van der Waals surface area contributed by atoms with E-state index in [-0.39, 0.29) is 17.1 Å². The van der Waals surface area contributed by atoms with Crippen LogP contribution in [0.4, 0.5) is 5.69 Å². The minimum atomic E-state index is -0.0962. The van der Waals surface area contributed by atoms with Crippen LogP contribution >= 0.6 is 11.8 Å². The van der Waals surface area contributed by atoms with Crippen LogP contribution in [-0.4, -0.2) is 30.2 Å². The minimum absolute atomic E-state index is 0.0838. The molecule has 0 radical (unpaired) electrons. The fraction of sp³-hybridized carbons (Fsp3) is 0.409. The van der Waals surface area contributed by atoms with Crippen molar-refractivity contribution in [3.8, 4) is 6.07 Å². The molecule has 0 spiro atoms. The molecule has 0 saturated carbocycles. The summed E-state index contributed by atoms with van der Waals surface area (Å²) in [5.41, 5.74) is 4.85. The zero-order valence-electron chi connectivity index (χ0n) is 16.9. The van der Waals surface area contributed by atoms with Crippen molar-refractivity contribution in [2.75, 3.05) is 24.7 Å². The van der Waals surface area contributed by atoms with Gasteiger partial charge < -0.3 is 10.2 Å². The predicted octanol–water partition coefficient (Wildman–Crippen LogP) is 2.55. The van der Waals surface area contributed by atoms with Crippen molar-refractivity contribution in [1.82, 2.24) is 4.98 Å². The number of benzene rings is 1. The number of nitriles is 1. The first-order chi connectivity index (χ1) is 13.3. The lowest BCUT2D eigenvalue weighted by Crippen LogP contribution is -3.08. The molecule has 2 N–H and O–H groups in total. The van der Waals surface area contributed by atoms with Crippen molar-refractivity contribution in [1.29, 1.82) is 5.26 Å². The maximum Gasteiger partial charge on any atom is 0.234 e. The van der Waals surface area contributed by atoms with Crippen molar-refractivity contribution in [2.24, 2.45) is 0 Å². The number of rotatable bonds is 4. The summed E-state index contributed by atoms with van der Waals surface area (Å²) in [6.07, 6.45) is 0.909. The molecule has 2 aromatic rings. The van der Waals surface area contributed by atoms with Gasteiger partial charge in [0.25, 0.3) is 0 Å². The molecule has 28 heavy (non-hydrogen) atoms. The van der Waals surface area contributed by atoms with Gasteiger partial charge in [0.05, 0.1) is 30.6 Å². The second-order valence-electron chi connectivity index (χ2n) is 8.36. The second kappa shape index (κ2) is 8.34. The molecule has 1 aliphatic heterocycles. The van der Waals surface area contributed by atoms with Crippen molar-refractivity contribution in [2.45, 2.75) is 44.2 Å². The van der Waals surface area contributed by atoms with Gasteiger partial charge in [-0.2, -0.15) is 5.26 Å². The van der Waals surface area contributed by atoms with Crippen LogP contribution < -0.4 is 10.2 Å². The van der Waals surface area contributed by atoms with Gasteiger partial charge in [-0.1, -0.05) is 44.7 Å². The van der Waals surface area contributed by atoms with E-state index in [0.717, 1.165) is 36.5 Å². The van der Waals surface area contributed by atoms with Crippen LogP contribution in [0.3, 0.4) is 0 Å². The molecule has 0 saturated heterocycles. The van der Waals surface area contributed by atoms with E-state index in [1.54, 1.807) is 0 Å². The average Bonchev–Trinajstić information content (AvgIpc) is 2.65. The maximum absolute atomic E-state index is 12.4. The van der Waals surface area contributed by atoms with Crippen LogP contribution in [0.25, 0.3) is 0 Å². The zero-order valence-corrected chi connectivity index (χ0v) is 17.7. The van der Waals surface area contributed by atoms with Crippen LogP contribution in [-0.2, 0) is 23.2 Å². The topological polar surface area (TPSA) is 70.2 Å². The summed E-state index contributed by atoms with van der Waals surface area (Å²) < 4.78 is 0. The number of pyridine rings is 1. The van der Waals surface area contributed by atoms with Gasteiger partial charge in [-0.25, -0.2) is 4.98 Å². The van der Waals surface area contributed by atoms with Gasteiger partial charge in [0.15, 0.2) is 0 Å². The summed E-state index contributed by atoms with van der Waals surface area (Å²) in [5.74, 6) is 0.133. The molecule has 5 nitrogen and oxygen atoms in total. The number of amides is 1. The highest BCUT2D eigenvalue weighted by molar-refractivity contribution is 8.00. The Morgan fingerprint density at radius 2 is 2.04 bits per heavy atom. The van der Waals surface area contributed by atoms with Crippen molar-refractivity contribution < 1.29 is 9.69 Å². The quantitative estimate of drug-likeness (QED) is 0.781. The number of fused-ring (bicyclic) bond motifs is 1. The molecule has 1 unspecified atom stereocenters. The molecule has 2 heterocycles. The van der Waals surface area contributed by atoms with Crippen LogP contribution in [0.15, 0.2) is 35.4 Å². The molecule has 1 atom stereocenters. The van der Waals surface area contributed by atoms with Crippen molar-refractivity contribution >= 4 is 23.4 Å². The van der Waals surface area contributed by atoms with E-state index in [9.17, 15) is 10.1 Å². The molecule has 146 valence electrons. The Bertz CT molecular complexity index is 910. The first-order valence-electron chi connectivity index (χ1n) is 9.53. The Labute approximate surface area is 171 Å². The molecule has 1 aromatic carbocycles. The Kier molecular flexibility index (Phi) is 6.07. The molecule has 1 aromatic heterocycles. The third-order valence-corrected chi connectivity index (χ3v) is 5.92. The number of carbonyl (C=O) groups excluding carboxylic acids is 1. The van der Waals surface area contributed by atoms with E-state index < -0.39 is 0 Å². The standard InChI is InChI=1S/C22H26N4OS/c1-22(2,3)17-5-7-18(8-6-17)24-20(27)14-28-21-15(12-23)11-16-13-26(4)10-9-19(16)25-21/h5-8,11H,9-10,13-14H2,1-4H3,(H,24,27)/p+1. The second-order valence-corrected chi connectivity index (χ2v) is 9.32. The van der Waals surface area contributed by atoms with E-state index in [0.29, 0.717) is 10.6 Å². The van der Waals surface area contributed by atoms with Crippen LogP contribution in [0.1, 0.15) is 43.2 Å². The Balaban J connectivity index is 1.64. The zero-order chi connectivity index (χ0) is 20.3. The van der Waals surface area contributed by atoms with Crippen LogP contribution in [0.5, 0.6) is 0 Å². The van der Waals surface area contributed by atoms with E-state index in [1.807, 2.05) is 30.3 Å². The van der Waals surface area contributed by atoms with Crippen molar-refractivity contribution in [3.05, 3.63) is 52.7 Å². The summed E-state index contributed by atoms with van der Waals surface area (Å²) in [5, 5.41) is 13.0. The van der Waals surface area contributed by atoms with Gasteiger partial charge in [-0.3, -0.25) is 4.79 Å². The molecule has 0 aliphatic carbocycles. The fourth-order valence-electron chi connectivity index (χ4n) is 3.26. The smallest absolute Gasteiger partial charge is 0.234 e. The lowest BCUT2D eigenvalue weighted by atomic mass is 9.87. The van der Waals surface area contributed by atoms with Gasteiger partial charge in [0.1, 0.15) is 17.6 Å². The highest BCUT2D eigenvalue weighted by Crippen LogP contribution is 2.25. The number of hydrogen-bond donors (Lipinski definition) is 2. The van der Waals surface area contributed by atoms with Gasteiger partial charge in [-0.05, 0) is 29.2 Å². The number of quaternary nitrogens is 1. The van der Waals surface area contributed by atoms with E-state index in [2.05, 4.69) is 44.2 Å². The third-order valence-electron chi connectivity index (χ3n) is 4.93. The minimum Gasteiger partial charge on any atom is -0.333 e. The SMILES string of the molecule is C[NH+]1CCc2nc(SCC(=O)Nc3ccc(C(C)(C)C)cc3)c(C#N)cc2C1. The monoisotopic (exact) mass is 395 g/mol. The molecule has 0 fully saturated rings. The number of hydrogen-bond acceptors (Lipinski definition) is 4. The molecule has 1 aliphatic rings. The Morgan fingerprint density at radius 1 is 1.32 bits per heavy atom. The number of anilines is 1. The van der Waals surface area contributed by atoms with Crippen LogP contribution in [0, 0.1) is 11.3 Å². The van der Waals surface area contributed by atoms with E-state index in [1.165, 1.54) is 22.2 Å². The summed E-state index contributed by atoms with van der Waals surface area (Å²) >= 11 is 1.33. The third kappa shape index (κ3) is 4.92. The normalized spacial score (nSPS) is 16.2. The Hall–Kier alpha value is -2.36. The predicted molar refractivity (Wildman–Crippen MR) is 113 cm³/mol. The first-order valence-corrected chi connectivity index (χ1v) is 10.5. The largest absolute Gasteiger partial charge is 0.333 e. The number of nitrogens with one attached hydrogen (secondary N) is 2. The number of aromatic nitrogens is 1. The van der Waals surface area contributed by atoms with E-state index >= 15 is 0 Å². The van der Waals surface area contributed by atoms with Gasteiger partial charge in [-0.15, -0.1) is 0 Å². The Morgan fingerprint density at radius 3 is 2.68 bits per heavy atom. The summed E-state index contributed by atoms with van der Waals surface area (Å²) in [7, 11) is 2.15. The summed E-state index contributed by atoms with van der Waals surface area (Å²) in [4.78, 5) is 18.5. The molecule has 1 amide bonds. The van der Waals surface area contributed by atoms with E-state index in [4.69, 9.17) is 0 Å². The maximum atomic E-state index is 12.4. The van der Waals surface area contributed by atoms with Crippen LogP contribution in [0.2, 0.25) is 0 Å². The molecular weight excluding hydrogens is 368 g/mol. The number of carbonyl (C=O) groups is 1. The van der Waals surface area contributed by atoms with Crippen molar-refractivity contribution in [3.63, 3.8) is 0 Å². The lowest BCUT2D eigenvalue weighted by Gasteiger charge is -2.22. The number of nitrogens with zero attached hydrogens (tertiary/aromatic N) is 2. The number of thioether (sulfide) groups is 1. The number of likely N-dealkylation sites (N-methyl/N-ethyl adjacent to an activating group) is 1. The molecular formula is C22H27N4OS+. The summed E-state index contributed by atoms with van der Waals surface area (Å²) in [6.45, 7) is 8.42. The van der Waals surface area contributed by atoms with Gasteiger partial charge >= 0.3 is 0 Å².